The largest absolute Gasteiger partial charge is 0.294 e. The molecule has 98 valence electrons. The zero-order chi connectivity index (χ0) is 13.3. The van der Waals surface area contributed by atoms with Crippen LogP contribution in [0.5, 0.6) is 0 Å². The van der Waals surface area contributed by atoms with E-state index < -0.39 is 0 Å². The quantitative estimate of drug-likeness (QED) is 0.628. The Labute approximate surface area is 126 Å². The van der Waals surface area contributed by atoms with Gasteiger partial charge in [-0.3, -0.25) is 4.79 Å². The van der Waals surface area contributed by atoms with Gasteiger partial charge in [0.1, 0.15) is 0 Å². The lowest BCUT2D eigenvalue weighted by molar-refractivity contribution is 0.0835. The number of rotatable bonds is 2. The maximum absolute atomic E-state index is 12.6. The second-order valence-electron chi connectivity index (χ2n) is 5.60. The molecule has 1 aromatic rings. The minimum atomic E-state index is 0.189. The predicted molar refractivity (Wildman–Crippen MR) is 81.8 cm³/mol. The van der Waals surface area contributed by atoms with E-state index in [1.807, 2.05) is 18.2 Å². The number of ketones is 1. The van der Waals surface area contributed by atoms with Crippen molar-refractivity contribution in [1.29, 1.82) is 0 Å². The number of halogens is 2. The van der Waals surface area contributed by atoms with Crippen LogP contribution in [0.25, 0.3) is 0 Å². The average Bonchev–Trinajstić information content (AvgIpc) is 2.30. The standard InChI is InChI=1S/C15H18Br2O/c1-9-5-10(2)7-11(6-9)15(18)13-8-12(16)3-4-14(13)17/h3-4,8-11H,5-7H2,1-2H3. The molecule has 0 N–H and O–H groups in total. The summed E-state index contributed by atoms with van der Waals surface area (Å²) in [5.74, 6) is 1.80. The number of Topliss-reactive ketones (excluding diaryl/α,β-unsaturated/α-hetero) is 1. The minimum Gasteiger partial charge on any atom is -0.294 e. The topological polar surface area (TPSA) is 17.1 Å². The molecule has 0 spiro atoms. The van der Waals surface area contributed by atoms with E-state index in [-0.39, 0.29) is 5.92 Å². The molecule has 0 aromatic heterocycles. The van der Waals surface area contributed by atoms with Crippen LogP contribution < -0.4 is 0 Å². The molecule has 0 amide bonds. The van der Waals surface area contributed by atoms with Gasteiger partial charge in [0, 0.05) is 20.4 Å². The van der Waals surface area contributed by atoms with Crippen LogP contribution in [0.4, 0.5) is 0 Å². The van der Waals surface area contributed by atoms with Crippen LogP contribution in [0.1, 0.15) is 43.5 Å². The molecule has 1 saturated carbocycles. The first-order chi connectivity index (χ1) is 8.47. The maximum Gasteiger partial charge on any atom is 0.167 e. The summed E-state index contributed by atoms with van der Waals surface area (Å²) in [5.41, 5.74) is 0.815. The molecular weight excluding hydrogens is 356 g/mol. The normalized spacial score (nSPS) is 28.1. The van der Waals surface area contributed by atoms with E-state index in [1.165, 1.54) is 6.42 Å². The van der Waals surface area contributed by atoms with Gasteiger partial charge in [0.05, 0.1) is 0 Å². The fourth-order valence-electron chi connectivity index (χ4n) is 3.07. The number of hydrogen-bond acceptors (Lipinski definition) is 1. The molecule has 1 nitrogen and oxygen atoms in total. The average molecular weight is 374 g/mol. The van der Waals surface area contributed by atoms with E-state index in [0.717, 1.165) is 27.4 Å². The minimum absolute atomic E-state index is 0.189. The summed E-state index contributed by atoms with van der Waals surface area (Å²) in [6.07, 6.45) is 3.31. The summed E-state index contributed by atoms with van der Waals surface area (Å²) in [5, 5.41) is 0. The summed E-state index contributed by atoms with van der Waals surface area (Å²) < 4.78 is 1.87. The molecule has 3 heteroatoms. The first-order valence-corrected chi connectivity index (χ1v) is 8.05. The monoisotopic (exact) mass is 372 g/mol. The van der Waals surface area contributed by atoms with Gasteiger partial charge in [-0.25, -0.2) is 0 Å². The molecule has 1 aliphatic rings. The molecule has 0 aliphatic heterocycles. The summed E-state index contributed by atoms with van der Waals surface area (Å²) in [4.78, 5) is 12.6. The Hall–Kier alpha value is -0.150. The highest BCUT2D eigenvalue weighted by atomic mass is 79.9. The molecule has 2 atom stereocenters. The Bertz CT molecular complexity index is 446. The Morgan fingerprint density at radius 2 is 1.72 bits per heavy atom. The lowest BCUT2D eigenvalue weighted by Gasteiger charge is -2.30. The van der Waals surface area contributed by atoms with Gasteiger partial charge in [0.15, 0.2) is 5.78 Å². The number of hydrogen-bond donors (Lipinski definition) is 0. The van der Waals surface area contributed by atoms with Crippen molar-refractivity contribution >= 4 is 37.6 Å². The van der Waals surface area contributed by atoms with Crippen LogP contribution in [0.3, 0.4) is 0 Å². The molecule has 2 rings (SSSR count). The van der Waals surface area contributed by atoms with E-state index in [2.05, 4.69) is 45.7 Å². The maximum atomic E-state index is 12.6. The van der Waals surface area contributed by atoms with Gasteiger partial charge < -0.3 is 0 Å². The number of benzene rings is 1. The van der Waals surface area contributed by atoms with Gasteiger partial charge in [-0.05, 0) is 49.3 Å². The van der Waals surface area contributed by atoms with Crippen molar-refractivity contribution in [2.24, 2.45) is 17.8 Å². The van der Waals surface area contributed by atoms with Crippen molar-refractivity contribution in [2.45, 2.75) is 33.1 Å². The van der Waals surface area contributed by atoms with Crippen molar-refractivity contribution < 1.29 is 4.79 Å². The second kappa shape index (κ2) is 5.87. The van der Waals surface area contributed by atoms with Gasteiger partial charge in [-0.2, -0.15) is 0 Å². The van der Waals surface area contributed by atoms with E-state index in [4.69, 9.17) is 0 Å². The Morgan fingerprint density at radius 1 is 1.11 bits per heavy atom. The fraction of sp³-hybridized carbons (Fsp3) is 0.533. The van der Waals surface area contributed by atoms with Gasteiger partial charge in [-0.1, -0.05) is 45.7 Å². The summed E-state index contributed by atoms with van der Waals surface area (Å²) in [7, 11) is 0. The van der Waals surface area contributed by atoms with Crippen LogP contribution in [0, 0.1) is 17.8 Å². The smallest absolute Gasteiger partial charge is 0.167 e. The third-order valence-electron chi connectivity index (χ3n) is 3.74. The third-order valence-corrected chi connectivity index (χ3v) is 4.93. The van der Waals surface area contributed by atoms with Crippen molar-refractivity contribution in [3.8, 4) is 0 Å². The van der Waals surface area contributed by atoms with Gasteiger partial charge >= 0.3 is 0 Å². The molecule has 1 fully saturated rings. The third kappa shape index (κ3) is 3.24. The number of carbonyl (C=O) groups is 1. The van der Waals surface area contributed by atoms with Crippen molar-refractivity contribution in [1.82, 2.24) is 0 Å². The molecular formula is C15H18Br2O. The van der Waals surface area contributed by atoms with Gasteiger partial charge in [-0.15, -0.1) is 0 Å². The Balaban J connectivity index is 2.22. The molecule has 1 aromatic carbocycles. The van der Waals surface area contributed by atoms with Crippen LogP contribution in [-0.4, -0.2) is 5.78 Å². The van der Waals surface area contributed by atoms with E-state index in [1.54, 1.807) is 0 Å². The molecule has 0 radical (unpaired) electrons. The zero-order valence-electron chi connectivity index (χ0n) is 10.7. The highest BCUT2D eigenvalue weighted by molar-refractivity contribution is 9.11. The van der Waals surface area contributed by atoms with E-state index in [9.17, 15) is 4.79 Å². The molecule has 0 bridgehead atoms. The van der Waals surface area contributed by atoms with Crippen LogP contribution in [0.15, 0.2) is 27.1 Å². The van der Waals surface area contributed by atoms with Gasteiger partial charge in [0.2, 0.25) is 0 Å². The van der Waals surface area contributed by atoms with Gasteiger partial charge in [0.25, 0.3) is 0 Å². The second-order valence-corrected chi connectivity index (χ2v) is 7.37. The van der Waals surface area contributed by atoms with Crippen molar-refractivity contribution in [3.63, 3.8) is 0 Å². The summed E-state index contributed by atoms with van der Waals surface area (Å²) >= 11 is 6.93. The SMILES string of the molecule is CC1CC(C)CC(C(=O)c2cc(Br)ccc2Br)C1. The summed E-state index contributed by atoms with van der Waals surface area (Å²) in [6.45, 7) is 4.51. The molecule has 18 heavy (non-hydrogen) atoms. The summed E-state index contributed by atoms with van der Waals surface area (Å²) in [6, 6.07) is 5.82. The highest BCUT2D eigenvalue weighted by Crippen LogP contribution is 2.36. The van der Waals surface area contributed by atoms with E-state index in [0.29, 0.717) is 17.6 Å². The lowest BCUT2D eigenvalue weighted by atomic mass is 9.74. The lowest BCUT2D eigenvalue weighted by Crippen LogP contribution is -2.26. The first kappa shape index (κ1) is 14.3. The fourth-order valence-corrected chi connectivity index (χ4v) is 3.87. The highest BCUT2D eigenvalue weighted by Gasteiger charge is 2.30. The molecule has 1 aliphatic carbocycles. The van der Waals surface area contributed by atoms with Crippen LogP contribution in [-0.2, 0) is 0 Å². The Morgan fingerprint density at radius 3 is 2.33 bits per heavy atom. The predicted octanol–water partition coefficient (Wildman–Crippen LogP) is 5.47. The molecule has 2 unspecified atom stereocenters. The molecule has 0 heterocycles. The van der Waals surface area contributed by atoms with Crippen molar-refractivity contribution in [3.05, 3.63) is 32.7 Å². The van der Waals surface area contributed by atoms with E-state index >= 15 is 0 Å². The Kier molecular flexibility index (Phi) is 4.65. The zero-order valence-corrected chi connectivity index (χ0v) is 13.9. The van der Waals surface area contributed by atoms with Crippen LogP contribution in [0.2, 0.25) is 0 Å². The van der Waals surface area contributed by atoms with Crippen LogP contribution >= 0.6 is 31.9 Å². The first-order valence-electron chi connectivity index (χ1n) is 6.46. The number of carbonyl (C=O) groups excluding carboxylic acids is 1. The molecule has 0 saturated heterocycles. The van der Waals surface area contributed by atoms with Crippen molar-refractivity contribution in [2.75, 3.05) is 0 Å².